The smallest absolute Gasteiger partial charge is 0.00835 e. The van der Waals surface area contributed by atoms with Crippen LogP contribution in [0.3, 0.4) is 0 Å². The van der Waals surface area contributed by atoms with E-state index in [0.29, 0.717) is 0 Å². The van der Waals surface area contributed by atoms with Crippen molar-refractivity contribution in [3.8, 4) is 0 Å². The zero-order chi connectivity index (χ0) is 9.14. The number of rotatable bonds is 3. The van der Waals surface area contributed by atoms with E-state index in [1.807, 2.05) is 0 Å². The maximum atomic E-state index is 3.40. The van der Waals surface area contributed by atoms with E-state index < -0.39 is 0 Å². The molecule has 0 saturated heterocycles. The minimum Gasteiger partial charge on any atom is -0.125 e. The van der Waals surface area contributed by atoms with Crippen LogP contribution in [0.5, 0.6) is 0 Å². The summed E-state index contributed by atoms with van der Waals surface area (Å²) in [6.07, 6.45) is 4.71. The van der Waals surface area contributed by atoms with Crippen molar-refractivity contribution in [1.82, 2.24) is 0 Å². The predicted octanol–water partition coefficient (Wildman–Crippen LogP) is 3.79. The molecule has 1 aliphatic carbocycles. The van der Waals surface area contributed by atoms with Gasteiger partial charge < -0.3 is 0 Å². The molecule has 0 nitrogen and oxygen atoms in total. The van der Waals surface area contributed by atoms with Gasteiger partial charge in [-0.1, -0.05) is 27.7 Å². The lowest BCUT2D eigenvalue weighted by molar-refractivity contribution is 0.594. The molecule has 0 aromatic rings. The minimum atomic E-state index is 0.806. The molecule has 0 amide bonds. The highest BCUT2D eigenvalue weighted by molar-refractivity contribution is 5.26. The van der Waals surface area contributed by atoms with Gasteiger partial charge in [-0.25, -0.2) is 0 Å². The summed E-state index contributed by atoms with van der Waals surface area (Å²) in [6, 6.07) is 0. The van der Waals surface area contributed by atoms with Gasteiger partial charge in [0.05, 0.1) is 0 Å². The van der Waals surface area contributed by atoms with Crippen LogP contribution in [-0.2, 0) is 0 Å². The molecule has 0 N–H and O–H groups in total. The van der Waals surface area contributed by atoms with Gasteiger partial charge in [-0.15, -0.1) is 5.73 Å². The Morgan fingerprint density at radius 3 is 2.33 bits per heavy atom. The van der Waals surface area contributed by atoms with Crippen LogP contribution >= 0.6 is 0 Å². The molecular formula is C12H20. The van der Waals surface area contributed by atoms with Gasteiger partial charge >= 0.3 is 0 Å². The molecule has 1 aliphatic rings. The molecule has 0 heteroatoms. The molecule has 0 aromatic heterocycles. The first-order valence-corrected chi connectivity index (χ1v) is 5.08. The molecule has 12 heavy (non-hydrogen) atoms. The highest BCUT2D eigenvalue weighted by atomic mass is 14.4. The van der Waals surface area contributed by atoms with E-state index in [-0.39, 0.29) is 0 Å². The van der Waals surface area contributed by atoms with E-state index in [2.05, 4.69) is 39.5 Å². The molecule has 0 heterocycles. The topological polar surface area (TPSA) is 0 Å². The lowest BCUT2D eigenvalue weighted by Gasteiger charge is -1.97. The molecule has 0 aliphatic heterocycles. The fourth-order valence-electron chi connectivity index (χ4n) is 1.44. The van der Waals surface area contributed by atoms with Crippen molar-refractivity contribution >= 4 is 0 Å². The second-order valence-corrected chi connectivity index (χ2v) is 4.35. The Morgan fingerprint density at radius 2 is 1.92 bits per heavy atom. The standard InChI is InChI=1S/C12H20/c1-9(2)7-5-6-8-12-10(3)11(12)4/h6,9-11H,5,7H2,1-4H3. The Balaban J connectivity index is 2.27. The fourth-order valence-corrected chi connectivity index (χ4v) is 1.44. The van der Waals surface area contributed by atoms with Gasteiger partial charge in [0.1, 0.15) is 0 Å². The lowest BCUT2D eigenvalue weighted by Crippen LogP contribution is -1.82. The lowest BCUT2D eigenvalue weighted by atomic mass is 10.1. The van der Waals surface area contributed by atoms with Gasteiger partial charge in [-0.3, -0.25) is 0 Å². The van der Waals surface area contributed by atoms with Gasteiger partial charge in [-0.05, 0) is 42.2 Å². The van der Waals surface area contributed by atoms with E-state index in [9.17, 15) is 0 Å². The molecule has 0 spiro atoms. The van der Waals surface area contributed by atoms with Crippen LogP contribution in [0.15, 0.2) is 17.4 Å². The van der Waals surface area contributed by atoms with Crippen molar-refractivity contribution in [1.29, 1.82) is 0 Å². The van der Waals surface area contributed by atoms with E-state index in [4.69, 9.17) is 0 Å². The summed E-state index contributed by atoms with van der Waals surface area (Å²) in [5.41, 5.74) is 4.93. The second-order valence-electron chi connectivity index (χ2n) is 4.35. The van der Waals surface area contributed by atoms with Gasteiger partial charge in [0.25, 0.3) is 0 Å². The molecular weight excluding hydrogens is 144 g/mol. The van der Waals surface area contributed by atoms with E-state index in [1.165, 1.54) is 18.4 Å². The van der Waals surface area contributed by atoms with E-state index in [0.717, 1.165) is 17.8 Å². The number of hydrogen-bond donors (Lipinski definition) is 0. The van der Waals surface area contributed by atoms with Crippen molar-refractivity contribution in [2.45, 2.75) is 40.5 Å². The molecule has 2 unspecified atom stereocenters. The molecule has 0 radical (unpaired) electrons. The average molecular weight is 164 g/mol. The predicted molar refractivity (Wildman–Crippen MR) is 54.0 cm³/mol. The van der Waals surface area contributed by atoms with Crippen LogP contribution in [0.1, 0.15) is 40.5 Å². The summed E-state index contributed by atoms with van der Waals surface area (Å²) in [5.74, 6) is 2.43. The Bertz CT molecular complexity index is 194. The van der Waals surface area contributed by atoms with Crippen molar-refractivity contribution in [2.75, 3.05) is 0 Å². The minimum absolute atomic E-state index is 0.806. The van der Waals surface area contributed by atoms with Crippen LogP contribution in [0.2, 0.25) is 0 Å². The zero-order valence-corrected chi connectivity index (χ0v) is 8.72. The van der Waals surface area contributed by atoms with Crippen LogP contribution in [0, 0.1) is 17.8 Å². The Kier molecular flexibility index (Phi) is 3.17. The normalized spacial score (nSPS) is 27.2. The summed E-state index contributed by atoms with van der Waals surface area (Å²) in [6.45, 7) is 9.10. The van der Waals surface area contributed by atoms with Crippen LogP contribution in [-0.4, -0.2) is 0 Å². The van der Waals surface area contributed by atoms with Crippen molar-refractivity contribution in [2.24, 2.45) is 17.8 Å². The fraction of sp³-hybridized carbons (Fsp3) is 0.750. The van der Waals surface area contributed by atoms with Crippen LogP contribution in [0.4, 0.5) is 0 Å². The molecule has 1 fully saturated rings. The SMILES string of the molecule is CC(C)CCC=C=C1C(C)C1C. The second kappa shape index (κ2) is 3.96. The quantitative estimate of drug-likeness (QED) is 0.557. The molecule has 2 atom stereocenters. The summed E-state index contributed by atoms with van der Waals surface area (Å²) in [7, 11) is 0. The molecule has 1 saturated carbocycles. The molecule has 0 aromatic carbocycles. The average Bonchev–Trinajstić information content (AvgIpc) is 2.54. The first kappa shape index (κ1) is 9.61. The summed E-state index contributed by atoms with van der Waals surface area (Å²) in [4.78, 5) is 0. The van der Waals surface area contributed by atoms with Crippen LogP contribution in [0.25, 0.3) is 0 Å². The first-order chi connectivity index (χ1) is 5.63. The summed E-state index contributed by atoms with van der Waals surface area (Å²) < 4.78 is 0. The Morgan fingerprint density at radius 1 is 1.33 bits per heavy atom. The van der Waals surface area contributed by atoms with Gasteiger partial charge in [-0.2, -0.15) is 0 Å². The monoisotopic (exact) mass is 164 g/mol. The molecule has 0 bridgehead atoms. The highest BCUT2D eigenvalue weighted by Crippen LogP contribution is 2.43. The van der Waals surface area contributed by atoms with Gasteiger partial charge in [0, 0.05) is 0 Å². The highest BCUT2D eigenvalue weighted by Gasteiger charge is 2.35. The largest absolute Gasteiger partial charge is 0.125 e. The molecule has 1 rings (SSSR count). The van der Waals surface area contributed by atoms with Gasteiger partial charge in [0.2, 0.25) is 0 Å². The van der Waals surface area contributed by atoms with Crippen molar-refractivity contribution in [3.05, 3.63) is 17.4 Å². The van der Waals surface area contributed by atoms with E-state index >= 15 is 0 Å². The summed E-state index contributed by atoms with van der Waals surface area (Å²) in [5, 5.41) is 0. The van der Waals surface area contributed by atoms with Crippen LogP contribution < -0.4 is 0 Å². The van der Waals surface area contributed by atoms with Crippen molar-refractivity contribution < 1.29 is 0 Å². The maximum absolute atomic E-state index is 3.40. The number of hydrogen-bond acceptors (Lipinski definition) is 0. The maximum Gasteiger partial charge on any atom is -0.00835 e. The third-order valence-corrected chi connectivity index (χ3v) is 2.78. The third-order valence-electron chi connectivity index (χ3n) is 2.78. The van der Waals surface area contributed by atoms with E-state index in [1.54, 1.807) is 0 Å². The first-order valence-electron chi connectivity index (χ1n) is 5.08. The van der Waals surface area contributed by atoms with Gasteiger partial charge in [0.15, 0.2) is 0 Å². The Hall–Kier alpha value is -0.480. The third kappa shape index (κ3) is 2.53. The number of allylic oxidation sites excluding steroid dienone is 1. The van der Waals surface area contributed by atoms with Crippen molar-refractivity contribution in [3.63, 3.8) is 0 Å². The Labute approximate surface area is 76.4 Å². The summed E-state index contributed by atoms with van der Waals surface area (Å²) >= 11 is 0. The zero-order valence-electron chi connectivity index (χ0n) is 8.72. The molecule has 68 valence electrons.